The van der Waals surface area contributed by atoms with Gasteiger partial charge >= 0.3 is 0 Å². The van der Waals surface area contributed by atoms with Gasteiger partial charge in [0.1, 0.15) is 5.41 Å². The maximum atomic E-state index is 12.4. The van der Waals surface area contributed by atoms with Crippen LogP contribution in [-0.2, 0) is 16.1 Å². The zero-order valence-corrected chi connectivity index (χ0v) is 14.4. The molecule has 2 amide bonds. The van der Waals surface area contributed by atoms with Gasteiger partial charge in [0.05, 0.1) is 0 Å². The third-order valence-corrected chi connectivity index (χ3v) is 4.45. The number of benzene rings is 1. The molecule has 0 radical (unpaired) electrons. The van der Waals surface area contributed by atoms with E-state index >= 15 is 0 Å². The molecular weight excluding hydrogens is 314 g/mol. The largest absolute Gasteiger partial charge is 0.355 e. The van der Waals surface area contributed by atoms with Gasteiger partial charge in [-0.3, -0.25) is 9.59 Å². The van der Waals surface area contributed by atoms with Gasteiger partial charge in [0.25, 0.3) is 0 Å². The van der Waals surface area contributed by atoms with Crippen molar-refractivity contribution in [1.29, 1.82) is 0 Å². The molecule has 0 heterocycles. The first-order valence-corrected chi connectivity index (χ1v) is 8.28. The number of nitrogens with zero attached hydrogens (tertiary/aromatic N) is 1. The van der Waals surface area contributed by atoms with Crippen molar-refractivity contribution in [3.63, 3.8) is 0 Å². The van der Waals surface area contributed by atoms with Crippen molar-refractivity contribution in [2.45, 2.75) is 25.8 Å². The van der Waals surface area contributed by atoms with E-state index in [-0.39, 0.29) is 11.8 Å². The average molecular weight is 338 g/mol. The van der Waals surface area contributed by atoms with Crippen molar-refractivity contribution >= 4 is 23.4 Å². The predicted molar refractivity (Wildman–Crippen MR) is 91.1 cm³/mol. The third kappa shape index (κ3) is 4.69. The quantitative estimate of drug-likeness (QED) is 0.562. The van der Waals surface area contributed by atoms with Crippen molar-refractivity contribution in [2.24, 2.45) is 5.41 Å². The van der Waals surface area contributed by atoms with E-state index in [1.54, 1.807) is 6.07 Å². The summed E-state index contributed by atoms with van der Waals surface area (Å²) in [5, 5.41) is 6.33. The van der Waals surface area contributed by atoms with Crippen LogP contribution in [0.2, 0.25) is 5.02 Å². The molecule has 1 aromatic carbocycles. The Morgan fingerprint density at radius 1 is 1.17 bits per heavy atom. The van der Waals surface area contributed by atoms with Crippen LogP contribution in [-0.4, -0.2) is 43.9 Å². The Labute approximate surface area is 142 Å². The van der Waals surface area contributed by atoms with Crippen LogP contribution < -0.4 is 10.6 Å². The number of halogens is 1. The van der Waals surface area contributed by atoms with E-state index in [0.29, 0.717) is 31.0 Å². The molecule has 6 heteroatoms. The summed E-state index contributed by atoms with van der Waals surface area (Å²) in [6.07, 6.45) is 2.10. The standard InChI is InChI=1S/C17H24ClN3O2/c1-21(2)11-5-10-19-15(22)17(8-9-17)16(23)20-12-13-6-3-4-7-14(13)18/h3-4,6-7H,5,8-12H2,1-2H3,(H,19,22)(H,20,23). The topological polar surface area (TPSA) is 61.4 Å². The van der Waals surface area contributed by atoms with Gasteiger partial charge in [-0.1, -0.05) is 29.8 Å². The monoisotopic (exact) mass is 337 g/mol. The van der Waals surface area contributed by atoms with Gasteiger partial charge in [-0.2, -0.15) is 0 Å². The molecule has 23 heavy (non-hydrogen) atoms. The summed E-state index contributed by atoms with van der Waals surface area (Å²) in [5.74, 6) is -0.365. The van der Waals surface area contributed by atoms with Gasteiger partial charge in [-0.25, -0.2) is 0 Å². The number of hydrogen-bond donors (Lipinski definition) is 2. The van der Waals surface area contributed by atoms with Crippen molar-refractivity contribution in [3.05, 3.63) is 34.9 Å². The Bertz CT molecular complexity index is 571. The molecule has 0 saturated heterocycles. The lowest BCUT2D eigenvalue weighted by Crippen LogP contribution is -2.43. The van der Waals surface area contributed by atoms with Gasteiger partial charge in [0.15, 0.2) is 0 Å². The normalized spacial score (nSPS) is 15.3. The van der Waals surface area contributed by atoms with Crippen molar-refractivity contribution in [1.82, 2.24) is 15.5 Å². The molecule has 1 aliphatic rings. The first kappa shape index (κ1) is 17.8. The highest BCUT2D eigenvalue weighted by Gasteiger charge is 2.56. The second-order valence-corrected chi connectivity index (χ2v) is 6.68. The number of carbonyl (C=O) groups excluding carboxylic acids is 2. The first-order chi connectivity index (χ1) is 11.0. The van der Waals surface area contributed by atoms with Crippen LogP contribution in [0, 0.1) is 5.41 Å². The van der Waals surface area contributed by atoms with E-state index in [0.717, 1.165) is 18.5 Å². The van der Waals surface area contributed by atoms with Crippen LogP contribution in [0.5, 0.6) is 0 Å². The van der Waals surface area contributed by atoms with Crippen LogP contribution in [0.4, 0.5) is 0 Å². The maximum absolute atomic E-state index is 12.4. The molecule has 1 fully saturated rings. The van der Waals surface area contributed by atoms with E-state index in [9.17, 15) is 9.59 Å². The Morgan fingerprint density at radius 2 is 1.83 bits per heavy atom. The van der Waals surface area contributed by atoms with Gasteiger partial charge in [-0.05, 0) is 51.5 Å². The smallest absolute Gasteiger partial charge is 0.235 e. The molecule has 0 spiro atoms. The summed E-state index contributed by atoms with van der Waals surface area (Å²) in [6, 6.07) is 7.37. The zero-order valence-electron chi connectivity index (χ0n) is 13.7. The lowest BCUT2D eigenvalue weighted by Gasteiger charge is -2.16. The average Bonchev–Trinajstić information content (AvgIpc) is 3.32. The van der Waals surface area contributed by atoms with Crippen molar-refractivity contribution in [3.8, 4) is 0 Å². The summed E-state index contributed by atoms with van der Waals surface area (Å²) in [5.41, 5.74) is -0.0240. The second kappa shape index (κ2) is 7.79. The van der Waals surface area contributed by atoms with E-state index in [2.05, 4.69) is 15.5 Å². The van der Waals surface area contributed by atoms with Gasteiger partial charge < -0.3 is 15.5 Å². The van der Waals surface area contributed by atoms with Crippen LogP contribution in [0.1, 0.15) is 24.8 Å². The van der Waals surface area contributed by atoms with Crippen LogP contribution in [0.3, 0.4) is 0 Å². The summed E-state index contributed by atoms with van der Waals surface area (Å²) in [4.78, 5) is 26.7. The molecule has 0 atom stereocenters. The lowest BCUT2D eigenvalue weighted by atomic mass is 10.0. The number of carbonyl (C=O) groups is 2. The number of amides is 2. The molecule has 0 aliphatic heterocycles. The van der Waals surface area contributed by atoms with Crippen LogP contribution >= 0.6 is 11.6 Å². The molecule has 1 aliphatic carbocycles. The number of nitrogens with one attached hydrogen (secondary N) is 2. The fraction of sp³-hybridized carbons (Fsp3) is 0.529. The third-order valence-electron chi connectivity index (χ3n) is 4.08. The minimum absolute atomic E-state index is 0.159. The summed E-state index contributed by atoms with van der Waals surface area (Å²) >= 11 is 6.08. The molecule has 2 N–H and O–H groups in total. The maximum Gasteiger partial charge on any atom is 0.235 e. The number of hydrogen-bond acceptors (Lipinski definition) is 3. The molecule has 0 unspecified atom stereocenters. The van der Waals surface area contributed by atoms with Gasteiger partial charge in [-0.15, -0.1) is 0 Å². The molecule has 1 saturated carbocycles. The Kier molecular flexibility index (Phi) is 6.02. The molecule has 0 bridgehead atoms. The number of rotatable bonds is 8. The van der Waals surface area contributed by atoms with Crippen LogP contribution in [0.15, 0.2) is 24.3 Å². The molecule has 126 valence electrons. The minimum atomic E-state index is -0.876. The van der Waals surface area contributed by atoms with E-state index < -0.39 is 5.41 Å². The molecular formula is C17H24ClN3O2. The molecule has 1 aromatic rings. The first-order valence-electron chi connectivity index (χ1n) is 7.90. The lowest BCUT2D eigenvalue weighted by molar-refractivity contribution is -0.137. The molecule has 0 aromatic heterocycles. The van der Waals surface area contributed by atoms with Gasteiger partial charge in [0, 0.05) is 18.1 Å². The zero-order chi connectivity index (χ0) is 16.9. The summed E-state index contributed by atoms with van der Waals surface area (Å²) in [6.45, 7) is 1.84. The highest BCUT2D eigenvalue weighted by Crippen LogP contribution is 2.46. The minimum Gasteiger partial charge on any atom is -0.355 e. The molecule has 5 nitrogen and oxygen atoms in total. The highest BCUT2D eigenvalue weighted by atomic mass is 35.5. The Balaban J connectivity index is 1.81. The molecule has 2 rings (SSSR count). The SMILES string of the molecule is CN(C)CCCNC(=O)C1(C(=O)NCc2ccccc2Cl)CC1. The van der Waals surface area contributed by atoms with E-state index in [4.69, 9.17) is 11.6 Å². The predicted octanol–water partition coefficient (Wildman–Crippen LogP) is 1.80. The summed E-state index contributed by atoms with van der Waals surface area (Å²) in [7, 11) is 3.98. The van der Waals surface area contributed by atoms with Crippen molar-refractivity contribution < 1.29 is 9.59 Å². The second-order valence-electron chi connectivity index (χ2n) is 6.27. The highest BCUT2D eigenvalue weighted by molar-refractivity contribution is 6.31. The summed E-state index contributed by atoms with van der Waals surface area (Å²) < 4.78 is 0. The van der Waals surface area contributed by atoms with Gasteiger partial charge in [0.2, 0.25) is 11.8 Å². The van der Waals surface area contributed by atoms with E-state index in [1.165, 1.54) is 0 Å². The fourth-order valence-corrected chi connectivity index (χ4v) is 2.64. The fourth-order valence-electron chi connectivity index (χ4n) is 2.44. The van der Waals surface area contributed by atoms with Crippen molar-refractivity contribution in [2.75, 3.05) is 27.2 Å². The Morgan fingerprint density at radius 3 is 2.43 bits per heavy atom. The van der Waals surface area contributed by atoms with Crippen LogP contribution in [0.25, 0.3) is 0 Å². The Hall–Kier alpha value is -1.59. The van der Waals surface area contributed by atoms with E-state index in [1.807, 2.05) is 32.3 Å².